The van der Waals surface area contributed by atoms with Crippen molar-refractivity contribution in [3.05, 3.63) is 23.8 Å². The Balaban J connectivity index is 3.01. The number of nitrogens with two attached hydrogens (primary N) is 1. The summed E-state index contributed by atoms with van der Waals surface area (Å²) in [6, 6.07) is 4.97. The van der Waals surface area contributed by atoms with Gasteiger partial charge in [0.1, 0.15) is 0 Å². The fourth-order valence-corrected chi connectivity index (χ4v) is 2.98. The summed E-state index contributed by atoms with van der Waals surface area (Å²) in [5, 5.41) is 0. The largest absolute Gasteiger partial charge is 0.398 e. The summed E-state index contributed by atoms with van der Waals surface area (Å²) in [6.07, 6.45) is 2.63. The highest BCUT2D eigenvalue weighted by atomic mass is 32.2. The molecule has 0 atom stereocenters. The van der Waals surface area contributed by atoms with E-state index in [1.807, 2.05) is 13.8 Å². The first-order chi connectivity index (χ1) is 8.43. The van der Waals surface area contributed by atoms with Crippen molar-refractivity contribution >= 4 is 15.7 Å². The fraction of sp³-hybridized carbons (Fsp3) is 0.538. The fourth-order valence-electron chi connectivity index (χ4n) is 1.74. The van der Waals surface area contributed by atoms with Crippen LogP contribution < -0.4 is 5.73 Å². The molecule has 1 aromatic carbocycles. The molecule has 18 heavy (non-hydrogen) atoms. The number of anilines is 1. The van der Waals surface area contributed by atoms with Crippen LogP contribution in [0.1, 0.15) is 32.3 Å². The van der Waals surface area contributed by atoms with Crippen LogP contribution in [0.15, 0.2) is 23.1 Å². The lowest BCUT2D eigenvalue weighted by Gasteiger charge is -2.17. The molecular weight excluding hydrogens is 248 g/mol. The predicted molar refractivity (Wildman–Crippen MR) is 75.0 cm³/mol. The minimum Gasteiger partial charge on any atom is -0.398 e. The molecule has 5 heteroatoms. The van der Waals surface area contributed by atoms with Gasteiger partial charge in [-0.15, -0.1) is 0 Å². The van der Waals surface area contributed by atoms with Gasteiger partial charge in [0.25, 0.3) is 0 Å². The molecule has 0 saturated carbocycles. The molecule has 0 amide bonds. The van der Waals surface area contributed by atoms with E-state index >= 15 is 0 Å². The number of rotatable bonds is 6. The van der Waals surface area contributed by atoms with E-state index in [0.717, 1.165) is 24.8 Å². The minimum atomic E-state index is -3.41. The van der Waals surface area contributed by atoms with Crippen molar-refractivity contribution in [2.75, 3.05) is 19.3 Å². The van der Waals surface area contributed by atoms with Crippen LogP contribution in [-0.4, -0.2) is 26.3 Å². The Kier molecular flexibility index (Phi) is 5.16. The standard InChI is InChI=1S/C13H22N2O2S/c1-4-6-9-15(3)18(16,17)12-8-7-11(5-2)13(14)10-12/h7-8,10H,4-6,9,14H2,1-3H3. The van der Waals surface area contributed by atoms with Crippen molar-refractivity contribution in [1.29, 1.82) is 0 Å². The summed E-state index contributed by atoms with van der Waals surface area (Å²) in [7, 11) is -1.80. The average molecular weight is 270 g/mol. The topological polar surface area (TPSA) is 63.4 Å². The van der Waals surface area contributed by atoms with Crippen LogP contribution in [0.2, 0.25) is 0 Å². The second-order valence-electron chi connectivity index (χ2n) is 4.39. The lowest BCUT2D eigenvalue weighted by atomic mass is 10.1. The third-order valence-electron chi connectivity index (χ3n) is 3.03. The normalized spacial score (nSPS) is 12.0. The smallest absolute Gasteiger partial charge is 0.242 e. The van der Waals surface area contributed by atoms with E-state index in [1.165, 1.54) is 4.31 Å². The van der Waals surface area contributed by atoms with Crippen LogP contribution in [-0.2, 0) is 16.4 Å². The molecule has 2 N–H and O–H groups in total. The van der Waals surface area contributed by atoms with Crippen molar-refractivity contribution in [3.63, 3.8) is 0 Å². The van der Waals surface area contributed by atoms with E-state index in [0.29, 0.717) is 12.2 Å². The quantitative estimate of drug-likeness (QED) is 0.806. The number of unbranched alkanes of at least 4 members (excludes halogenated alkanes) is 1. The molecule has 0 aromatic heterocycles. The molecule has 4 nitrogen and oxygen atoms in total. The third kappa shape index (κ3) is 3.23. The van der Waals surface area contributed by atoms with E-state index in [-0.39, 0.29) is 4.90 Å². The molecule has 0 fully saturated rings. The Bertz CT molecular complexity index is 498. The Morgan fingerprint density at radius 1 is 1.28 bits per heavy atom. The molecule has 0 heterocycles. The molecule has 0 radical (unpaired) electrons. The van der Waals surface area contributed by atoms with Crippen molar-refractivity contribution in [1.82, 2.24) is 4.31 Å². The number of nitrogens with zero attached hydrogens (tertiary/aromatic N) is 1. The maximum Gasteiger partial charge on any atom is 0.242 e. The first kappa shape index (κ1) is 15.0. The third-order valence-corrected chi connectivity index (χ3v) is 4.89. The molecule has 0 spiro atoms. The Labute approximate surface area is 110 Å². The molecule has 1 rings (SSSR count). The van der Waals surface area contributed by atoms with Crippen LogP contribution in [0.3, 0.4) is 0 Å². The number of benzene rings is 1. The zero-order chi connectivity index (χ0) is 13.8. The van der Waals surface area contributed by atoms with Gasteiger partial charge in [-0.1, -0.05) is 26.3 Å². The number of nitrogen functional groups attached to an aromatic ring is 1. The van der Waals surface area contributed by atoms with Crippen molar-refractivity contribution < 1.29 is 8.42 Å². The van der Waals surface area contributed by atoms with Gasteiger partial charge in [-0.3, -0.25) is 0 Å². The molecule has 0 bridgehead atoms. The number of hydrogen-bond acceptors (Lipinski definition) is 3. The number of sulfonamides is 1. The van der Waals surface area contributed by atoms with E-state index < -0.39 is 10.0 Å². The van der Waals surface area contributed by atoms with E-state index in [2.05, 4.69) is 0 Å². The molecule has 0 unspecified atom stereocenters. The lowest BCUT2D eigenvalue weighted by Crippen LogP contribution is -2.28. The Morgan fingerprint density at radius 2 is 1.94 bits per heavy atom. The molecule has 0 aliphatic carbocycles. The average Bonchev–Trinajstić information content (AvgIpc) is 2.35. The van der Waals surface area contributed by atoms with Gasteiger partial charge in [0.15, 0.2) is 0 Å². The van der Waals surface area contributed by atoms with Gasteiger partial charge in [0.2, 0.25) is 10.0 Å². The maximum absolute atomic E-state index is 12.3. The van der Waals surface area contributed by atoms with Crippen LogP contribution in [0, 0.1) is 0 Å². The van der Waals surface area contributed by atoms with Crippen LogP contribution in [0.5, 0.6) is 0 Å². The van der Waals surface area contributed by atoms with Gasteiger partial charge in [0, 0.05) is 19.3 Å². The maximum atomic E-state index is 12.3. The summed E-state index contributed by atoms with van der Waals surface area (Å²) in [5.41, 5.74) is 7.37. The molecule has 0 aliphatic rings. The lowest BCUT2D eigenvalue weighted by molar-refractivity contribution is 0.459. The Morgan fingerprint density at radius 3 is 2.44 bits per heavy atom. The molecule has 102 valence electrons. The number of hydrogen-bond donors (Lipinski definition) is 1. The van der Waals surface area contributed by atoms with Crippen LogP contribution in [0.4, 0.5) is 5.69 Å². The van der Waals surface area contributed by atoms with Gasteiger partial charge < -0.3 is 5.73 Å². The first-order valence-electron chi connectivity index (χ1n) is 6.28. The van der Waals surface area contributed by atoms with E-state index in [9.17, 15) is 8.42 Å². The van der Waals surface area contributed by atoms with E-state index in [4.69, 9.17) is 5.73 Å². The van der Waals surface area contributed by atoms with Crippen molar-refractivity contribution in [3.8, 4) is 0 Å². The molecular formula is C13H22N2O2S. The first-order valence-corrected chi connectivity index (χ1v) is 7.72. The highest BCUT2D eigenvalue weighted by Gasteiger charge is 2.20. The summed E-state index contributed by atoms with van der Waals surface area (Å²) in [6.45, 7) is 4.57. The van der Waals surface area contributed by atoms with Crippen LogP contribution in [0.25, 0.3) is 0 Å². The van der Waals surface area contributed by atoms with E-state index in [1.54, 1.807) is 25.2 Å². The van der Waals surface area contributed by atoms with Crippen LogP contribution >= 0.6 is 0 Å². The second kappa shape index (κ2) is 6.20. The van der Waals surface area contributed by atoms with Gasteiger partial charge >= 0.3 is 0 Å². The summed E-state index contributed by atoms with van der Waals surface area (Å²) in [4.78, 5) is 0.274. The SMILES string of the molecule is CCCCN(C)S(=O)(=O)c1ccc(CC)c(N)c1. The summed E-state index contributed by atoms with van der Waals surface area (Å²) < 4.78 is 25.9. The molecule has 1 aromatic rings. The summed E-state index contributed by atoms with van der Waals surface area (Å²) >= 11 is 0. The van der Waals surface area contributed by atoms with Gasteiger partial charge in [-0.2, -0.15) is 0 Å². The molecule has 0 saturated heterocycles. The minimum absolute atomic E-state index is 0.274. The van der Waals surface area contributed by atoms with Gasteiger partial charge in [-0.05, 0) is 30.5 Å². The van der Waals surface area contributed by atoms with Crippen molar-refractivity contribution in [2.45, 2.75) is 38.0 Å². The zero-order valence-electron chi connectivity index (χ0n) is 11.3. The van der Waals surface area contributed by atoms with Gasteiger partial charge in [-0.25, -0.2) is 12.7 Å². The predicted octanol–water partition coefficient (Wildman–Crippen LogP) is 2.25. The van der Waals surface area contributed by atoms with Crippen molar-refractivity contribution in [2.24, 2.45) is 0 Å². The Hall–Kier alpha value is -1.07. The zero-order valence-corrected chi connectivity index (χ0v) is 12.1. The highest BCUT2D eigenvalue weighted by molar-refractivity contribution is 7.89. The highest BCUT2D eigenvalue weighted by Crippen LogP contribution is 2.21. The van der Waals surface area contributed by atoms with Gasteiger partial charge in [0.05, 0.1) is 4.90 Å². The second-order valence-corrected chi connectivity index (χ2v) is 6.44. The molecule has 0 aliphatic heterocycles. The number of aryl methyl sites for hydroxylation is 1. The summed E-state index contributed by atoms with van der Waals surface area (Å²) in [5.74, 6) is 0. The monoisotopic (exact) mass is 270 g/mol.